The molecule has 1 N–H and O–H groups in total. The molecule has 0 bridgehead atoms. The van der Waals surface area contributed by atoms with E-state index in [-0.39, 0.29) is 11.6 Å². The summed E-state index contributed by atoms with van der Waals surface area (Å²) in [6.07, 6.45) is 10.5. The molecule has 0 aliphatic heterocycles. The van der Waals surface area contributed by atoms with Gasteiger partial charge in [-0.05, 0) is 69.6 Å². The fourth-order valence-electron chi connectivity index (χ4n) is 3.95. The standard InChI is InChI=1S/C20H26N4O/c1-14(15-2-3-15)22-17-4-6-18(7-5-17)24-20(25)9-8-19(23-24)16-10-12-21-13-11-16/h8-15,17-18,22H,2-7H2,1H3. The van der Waals surface area contributed by atoms with E-state index in [1.54, 1.807) is 29.2 Å². The Balaban J connectivity index is 1.44. The number of pyridine rings is 1. The molecule has 2 aliphatic rings. The molecule has 25 heavy (non-hydrogen) atoms. The molecule has 2 aliphatic carbocycles. The lowest BCUT2D eigenvalue weighted by Gasteiger charge is -2.31. The average Bonchev–Trinajstić information content (AvgIpc) is 3.49. The zero-order valence-electron chi connectivity index (χ0n) is 14.8. The molecular weight excluding hydrogens is 312 g/mol. The Morgan fingerprint density at radius 2 is 1.76 bits per heavy atom. The molecule has 0 amide bonds. The summed E-state index contributed by atoms with van der Waals surface area (Å²) >= 11 is 0. The first-order chi connectivity index (χ1) is 12.2. The van der Waals surface area contributed by atoms with E-state index >= 15 is 0 Å². The Hall–Kier alpha value is -2.01. The molecule has 132 valence electrons. The first-order valence-corrected chi connectivity index (χ1v) is 9.47. The molecule has 2 saturated carbocycles. The topological polar surface area (TPSA) is 59.8 Å². The Labute approximate surface area is 148 Å². The van der Waals surface area contributed by atoms with Gasteiger partial charge in [0.1, 0.15) is 0 Å². The second-order valence-corrected chi connectivity index (χ2v) is 7.54. The molecule has 0 aromatic carbocycles. The summed E-state index contributed by atoms with van der Waals surface area (Å²) in [5.41, 5.74) is 1.84. The van der Waals surface area contributed by atoms with Crippen molar-refractivity contribution < 1.29 is 0 Å². The molecule has 2 fully saturated rings. The number of hydrogen-bond donors (Lipinski definition) is 1. The fraction of sp³-hybridized carbons (Fsp3) is 0.550. The van der Waals surface area contributed by atoms with E-state index in [1.807, 2.05) is 12.1 Å². The van der Waals surface area contributed by atoms with Gasteiger partial charge in [-0.3, -0.25) is 9.78 Å². The van der Waals surface area contributed by atoms with E-state index in [2.05, 4.69) is 22.3 Å². The van der Waals surface area contributed by atoms with Crippen LogP contribution in [0.5, 0.6) is 0 Å². The van der Waals surface area contributed by atoms with Gasteiger partial charge in [0.2, 0.25) is 0 Å². The normalized spacial score (nSPS) is 24.8. The lowest BCUT2D eigenvalue weighted by molar-refractivity contribution is 0.254. The van der Waals surface area contributed by atoms with E-state index in [0.29, 0.717) is 12.1 Å². The number of aromatic nitrogens is 3. The van der Waals surface area contributed by atoms with Gasteiger partial charge in [0, 0.05) is 36.1 Å². The van der Waals surface area contributed by atoms with Gasteiger partial charge in [-0.2, -0.15) is 5.10 Å². The van der Waals surface area contributed by atoms with Crippen molar-refractivity contribution >= 4 is 0 Å². The van der Waals surface area contributed by atoms with E-state index in [0.717, 1.165) is 42.9 Å². The van der Waals surface area contributed by atoms with Crippen molar-refractivity contribution in [2.45, 2.75) is 63.6 Å². The molecule has 2 aromatic rings. The van der Waals surface area contributed by atoms with Crippen molar-refractivity contribution in [1.82, 2.24) is 20.1 Å². The highest BCUT2D eigenvalue weighted by Crippen LogP contribution is 2.34. The number of nitrogens with one attached hydrogen (secondary N) is 1. The maximum absolute atomic E-state index is 12.3. The summed E-state index contributed by atoms with van der Waals surface area (Å²) in [6, 6.07) is 8.74. The highest BCUT2D eigenvalue weighted by atomic mass is 16.1. The molecule has 1 atom stereocenters. The third-order valence-electron chi connectivity index (χ3n) is 5.67. The van der Waals surface area contributed by atoms with Gasteiger partial charge in [-0.15, -0.1) is 0 Å². The third-order valence-corrected chi connectivity index (χ3v) is 5.67. The molecule has 1 unspecified atom stereocenters. The zero-order chi connectivity index (χ0) is 17.2. The van der Waals surface area contributed by atoms with E-state index in [4.69, 9.17) is 0 Å². The van der Waals surface area contributed by atoms with Gasteiger partial charge in [0.25, 0.3) is 5.56 Å². The second-order valence-electron chi connectivity index (χ2n) is 7.54. The second kappa shape index (κ2) is 7.08. The van der Waals surface area contributed by atoms with Crippen molar-refractivity contribution in [1.29, 1.82) is 0 Å². The van der Waals surface area contributed by atoms with Crippen LogP contribution in [0.15, 0.2) is 41.5 Å². The first-order valence-electron chi connectivity index (χ1n) is 9.47. The number of hydrogen-bond acceptors (Lipinski definition) is 4. The highest BCUT2D eigenvalue weighted by Gasteiger charge is 2.31. The first kappa shape index (κ1) is 16.5. The predicted octanol–water partition coefficient (Wildman–Crippen LogP) is 3.18. The van der Waals surface area contributed by atoms with Crippen LogP contribution in [-0.2, 0) is 0 Å². The molecule has 5 nitrogen and oxygen atoms in total. The maximum atomic E-state index is 12.3. The van der Waals surface area contributed by atoms with Gasteiger partial charge < -0.3 is 5.32 Å². The van der Waals surface area contributed by atoms with E-state index in [9.17, 15) is 4.79 Å². The van der Waals surface area contributed by atoms with E-state index in [1.165, 1.54) is 12.8 Å². The Bertz CT molecular complexity index is 761. The Morgan fingerprint density at radius 3 is 2.44 bits per heavy atom. The van der Waals surface area contributed by atoms with Crippen LogP contribution in [0.3, 0.4) is 0 Å². The van der Waals surface area contributed by atoms with Gasteiger partial charge in [0.05, 0.1) is 11.7 Å². The predicted molar refractivity (Wildman–Crippen MR) is 98.3 cm³/mol. The summed E-state index contributed by atoms with van der Waals surface area (Å²) in [5.74, 6) is 0.888. The molecule has 0 spiro atoms. The quantitative estimate of drug-likeness (QED) is 0.910. The van der Waals surface area contributed by atoms with Crippen LogP contribution in [0.25, 0.3) is 11.3 Å². The molecule has 4 rings (SSSR count). The van der Waals surface area contributed by atoms with Crippen LogP contribution in [0.1, 0.15) is 51.5 Å². The van der Waals surface area contributed by atoms with Gasteiger partial charge in [0.15, 0.2) is 0 Å². The summed E-state index contributed by atoms with van der Waals surface area (Å²) < 4.78 is 1.70. The molecular formula is C20H26N4O. The minimum atomic E-state index is 0.000522. The van der Waals surface area contributed by atoms with Crippen LogP contribution >= 0.6 is 0 Å². The number of nitrogens with zero attached hydrogens (tertiary/aromatic N) is 3. The van der Waals surface area contributed by atoms with Crippen LogP contribution in [0.4, 0.5) is 0 Å². The summed E-state index contributed by atoms with van der Waals surface area (Å²) in [4.78, 5) is 16.4. The third kappa shape index (κ3) is 3.82. The molecule has 0 radical (unpaired) electrons. The molecule has 2 aromatic heterocycles. The smallest absolute Gasteiger partial charge is 0.267 e. The highest BCUT2D eigenvalue weighted by molar-refractivity contribution is 5.57. The van der Waals surface area contributed by atoms with Crippen molar-refractivity contribution in [3.05, 3.63) is 47.0 Å². The molecule has 2 heterocycles. The maximum Gasteiger partial charge on any atom is 0.267 e. The molecule has 0 saturated heterocycles. The fourth-order valence-corrected chi connectivity index (χ4v) is 3.95. The Morgan fingerprint density at radius 1 is 1.04 bits per heavy atom. The van der Waals surface area contributed by atoms with Crippen LogP contribution in [0.2, 0.25) is 0 Å². The SMILES string of the molecule is CC(NC1CCC(n2nc(-c3ccncc3)ccc2=O)CC1)C1CC1. The van der Waals surface area contributed by atoms with Crippen molar-refractivity contribution in [3.8, 4) is 11.3 Å². The van der Waals surface area contributed by atoms with Gasteiger partial charge in [-0.25, -0.2) is 4.68 Å². The van der Waals surface area contributed by atoms with E-state index < -0.39 is 0 Å². The van der Waals surface area contributed by atoms with Gasteiger partial charge >= 0.3 is 0 Å². The van der Waals surface area contributed by atoms with Crippen molar-refractivity contribution in [3.63, 3.8) is 0 Å². The summed E-state index contributed by atoms with van der Waals surface area (Å²) in [5, 5.41) is 8.44. The molecule has 5 heteroatoms. The summed E-state index contributed by atoms with van der Waals surface area (Å²) in [7, 11) is 0. The van der Waals surface area contributed by atoms with Crippen LogP contribution in [-0.4, -0.2) is 26.8 Å². The largest absolute Gasteiger partial charge is 0.311 e. The van der Waals surface area contributed by atoms with Crippen LogP contribution in [0, 0.1) is 5.92 Å². The van der Waals surface area contributed by atoms with Crippen molar-refractivity contribution in [2.75, 3.05) is 0 Å². The lowest BCUT2D eigenvalue weighted by atomic mass is 9.90. The summed E-state index contributed by atoms with van der Waals surface area (Å²) in [6.45, 7) is 2.31. The monoisotopic (exact) mass is 338 g/mol. The van der Waals surface area contributed by atoms with Crippen LogP contribution < -0.4 is 10.9 Å². The lowest BCUT2D eigenvalue weighted by Crippen LogP contribution is -2.41. The zero-order valence-corrected chi connectivity index (χ0v) is 14.8. The minimum absolute atomic E-state index is 0.000522. The van der Waals surface area contributed by atoms with Gasteiger partial charge in [-0.1, -0.05) is 0 Å². The Kier molecular flexibility index (Phi) is 4.66. The average molecular weight is 338 g/mol. The number of rotatable bonds is 5. The van der Waals surface area contributed by atoms with Crippen molar-refractivity contribution in [2.24, 2.45) is 5.92 Å². The minimum Gasteiger partial charge on any atom is -0.311 e.